The first-order valence-corrected chi connectivity index (χ1v) is 6.68. The highest BCUT2D eigenvalue weighted by Crippen LogP contribution is 2.41. The number of rotatable bonds is 2. The minimum Gasteiger partial charge on any atom is -0.310 e. The van der Waals surface area contributed by atoms with Gasteiger partial charge in [-0.1, -0.05) is 18.9 Å². The molecule has 6 heteroatoms. The molecule has 1 N–H and O–H groups in total. The lowest BCUT2D eigenvalue weighted by atomic mass is 9.78. The van der Waals surface area contributed by atoms with E-state index in [2.05, 4.69) is 10.3 Å². The van der Waals surface area contributed by atoms with E-state index < -0.39 is 23.9 Å². The molecule has 0 unspecified atom stereocenters. The van der Waals surface area contributed by atoms with E-state index in [9.17, 15) is 18.0 Å². The summed E-state index contributed by atoms with van der Waals surface area (Å²) < 4.78 is 38.8. The van der Waals surface area contributed by atoms with E-state index in [1.165, 1.54) is 0 Å². The smallest absolute Gasteiger partial charge is 0.310 e. The summed E-state index contributed by atoms with van der Waals surface area (Å²) in [7, 11) is 0. The Kier molecular flexibility index (Phi) is 4.30. The first-order chi connectivity index (χ1) is 9.38. The predicted molar refractivity (Wildman–Crippen MR) is 69.1 cm³/mol. The molecule has 0 aliphatic heterocycles. The number of anilines is 1. The standard InChI is InChI=1S/C14H17F3N2O/c1-9-6-7-12(18-8-9)19-13(20)10-4-2-3-5-11(10)14(15,16)17/h6-8,10-11H,2-5H2,1H3,(H,18,19,20)/t10-,11+/m1/s1. The maximum absolute atomic E-state index is 12.9. The first-order valence-electron chi connectivity index (χ1n) is 6.68. The van der Waals surface area contributed by atoms with E-state index in [-0.39, 0.29) is 12.8 Å². The van der Waals surface area contributed by atoms with Crippen LogP contribution < -0.4 is 5.32 Å². The van der Waals surface area contributed by atoms with Crippen LogP contribution in [0.2, 0.25) is 0 Å². The predicted octanol–water partition coefficient (Wildman–Crippen LogP) is 3.70. The maximum Gasteiger partial charge on any atom is 0.392 e. The van der Waals surface area contributed by atoms with Crippen molar-refractivity contribution in [3.05, 3.63) is 23.9 Å². The van der Waals surface area contributed by atoms with Crippen molar-refractivity contribution in [1.82, 2.24) is 4.98 Å². The zero-order chi connectivity index (χ0) is 14.8. The largest absolute Gasteiger partial charge is 0.392 e. The van der Waals surface area contributed by atoms with E-state index in [4.69, 9.17) is 0 Å². The second-order valence-corrected chi connectivity index (χ2v) is 5.25. The van der Waals surface area contributed by atoms with Gasteiger partial charge in [-0.25, -0.2) is 4.98 Å². The monoisotopic (exact) mass is 286 g/mol. The van der Waals surface area contributed by atoms with Crippen LogP contribution in [0.4, 0.5) is 19.0 Å². The Morgan fingerprint density at radius 3 is 2.60 bits per heavy atom. The topological polar surface area (TPSA) is 42.0 Å². The Labute approximate surface area is 115 Å². The number of carbonyl (C=O) groups is 1. The lowest BCUT2D eigenvalue weighted by Crippen LogP contribution is -2.39. The van der Waals surface area contributed by atoms with E-state index in [0.29, 0.717) is 18.7 Å². The quantitative estimate of drug-likeness (QED) is 0.900. The molecular weight excluding hydrogens is 269 g/mol. The molecule has 1 heterocycles. The highest BCUT2D eigenvalue weighted by molar-refractivity contribution is 5.92. The molecule has 0 bridgehead atoms. The molecule has 1 aromatic heterocycles. The lowest BCUT2D eigenvalue weighted by molar-refractivity contribution is -0.197. The van der Waals surface area contributed by atoms with Crippen molar-refractivity contribution < 1.29 is 18.0 Å². The number of hydrogen-bond acceptors (Lipinski definition) is 2. The summed E-state index contributed by atoms with van der Waals surface area (Å²) in [6, 6.07) is 3.35. The summed E-state index contributed by atoms with van der Waals surface area (Å²) in [4.78, 5) is 16.0. The maximum atomic E-state index is 12.9. The molecule has 0 radical (unpaired) electrons. The van der Waals surface area contributed by atoms with Crippen molar-refractivity contribution in [2.45, 2.75) is 38.8 Å². The third-order valence-electron chi connectivity index (χ3n) is 3.69. The summed E-state index contributed by atoms with van der Waals surface area (Å²) >= 11 is 0. The van der Waals surface area contributed by atoms with Gasteiger partial charge in [0.05, 0.1) is 5.92 Å². The molecule has 0 saturated heterocycles. The van der Waals surface area contributed by atoms with Crippen LogP contribution in [0.1, 0.15) is 31.2 Å². The van der Waals surface area contributed by atoms with Gasteiger partial charge < -0.3 is 5.32 Å². The summed E-state index contributed by atoms with van der Waals surface area (Å²) in [5.74, 6) is -2.83. The molecule has 0 spiro atoms. The van der Waals surface area contributed by atoms with Crippen LogP contribution in [0.5, 0.6) is 0 Å². The van der Waals surface area contributed by atoms with Gasteiger partial charge in [-0.15, -0.1) is 0 Å². The zero-order valence-electron chi connectivity index (χ0n) is 11.2. The van der Waals surface area contributed by atoms with Crippen molar-refractivity contribution in [2.24, 2.45) is 11.8 Å². The highest BCUT2D eigenvalue weighted by Gasteiger charge is 2.48. The Bertz CT molecular complexity index is 470. The van der Waals surface area contributed by atoms with Gasteiger partial charge in [0.25, 0.3) is 0 Å². The Hall–Kier alpha value is -1.59. The molecule has 110 valence electrons. The summed E-state index contributed by atoms with van der Waals surface area (Å²) in [6.07, 6.45) is -1.26. The SMILES string of the molecule is Cc1ccc(NC(=O)[C@@H]2CCCC[C@@H]2C(F)(F)F)nc1. The van der Waals surface area contributed by atoms with E-state index in [1.807, 2.05) is 6.92 Å². The number of carbonyl (C=O) groups excluding carboxylic acids is 1. The van der Waals surface area contributed by atoms with Gasteiger partial charge in [-0.05, 0) is 31.4 Å². The highest BCUT2D eigenvalue weighted by atomic mass is 19.4. The van der Waals surface area contributed by atoms with Crippen molar-refractivity contribution in [3.63, 3.8) is 0 Å². The Balaban J connectivity index is 2.08. The first kappa shape index (κ1) is 14.8. The average Bonchev–Trinajstić information content (AvgIpc) is 2.40. The molecule has 2 rings (SSSR count). The average molecular weight is 286 g/mol. The fraction of sp³-hybridized carbons (Fsp3) is 0.571. The Morgan fingerprint density at radius 2 is 2.00 bits per heavy atom. The molecule has 20 heavy (non-hydrogen) atoms. The number of pyridine rings is 1. The fourth-order valence-electron chi connectivity index (χ4n) is 2.60. The fourth-order valence-corrected chi connectivity index (χ4v) is 2.60. The number of aryl methyl sites for hydroxylation is 1. The van der Waals surface area contributed by atoms with E-state index in [1.54, 1.807) is 18.3 Å². The number of hydrogen-bond donors (Lipinski definition) is 1. The lowest BCUT2D eigenvalue weighted by Gasteiger charge is -2.31. The number of aromatic nitrogens is 1. The van der Waals surface area contributed by atoms with Crippen LogP contribution in [0.15, 0.2) is 18.3 Å². The molecule has 1 aliphatic carbocycles. The van der Waals surface area contributed by atoms with Crippen LogP contribution in [0.25, 0.3) is 0 Å². The molecule has 0 aromatic carbocycles. The Morgan fingerprint density at radius 1 is 1.30 bits per heavy atom. The third-order valence-corrected chi connectivity index (χ3v) is 3.69. The molecule has 1 saturated carbocycles. The van der Waals surface area contributed by atoms with Crippen LogP contribution in [0.3, 0.4) is 0 Å². The normalized spacial score (nSPS) is 23.4. The minimum absolute atomic E-state index is 0.0307. The van der Waals surface area contributed by atoms with Gasteiger partial charge in [-0.3, -0.25) is 4.79 Å². The van der Waals surface area contributed by atoms with Gasteiger partial charge in [0.15, 0.2) is 0 Å². The molecule has 1 aliphatic rings. The van der Waals surface area contributed by atoms with Crippen molar-refractivity contribution >= 4 is 11.7 Å². The zero-order valence-corrected chi connectivity index (χ0v) is 11.2. The molecule has 1 fully saturated rings. The molecule has 2 atom stereocenters. The van der Waals surface area contributed by atoms with Gasteiger partial charge >= 0.3 is 6.18 Å². The van der Waals surface area contributed by atoms with Crippen LogP contribution in [0, 0.1) is 18.8 Å². The molecule has 3 nitrogen and oxygen atoms in total. The van der Waals surface area contributed by atoms with Gasteiger partial charge in [0.1, 0.15) is 5.82 Å². The minimum atomic E-state index is -4.32. The van der Waals surface area contributed by atoms with Crippen molar-refractivity contribution in [1.29, 1.82) is 0 Å². The molecule has 1 aromatic rings. The van der Waals surface area contributed by atoms with Gasteiger partial charge in [-0.2, -0.15) is 13.2 Å². The number of amides is 1. The van der Waals surface area contributed by atoms with E-state index >= 15 is 0 Å². The number of alkyl halides is 3. The molecular formula is C14H17F3N2O. The van der Waals surface area contributed by atoms with Crippen molar-refractivity contribution in [3.8, 4) is 0 Å². The number of halogens is 3. The van der Waals surface area contributed by atoms with Crippen molar-refractivity contribution in [2.75, 3.05) is 5.32 Å². The summed E-state index contributed by atoms with van der Waals surface area (Å²) in [6.45, 7) is 1.85. The van der Waals surface area contributed by atoms with Gasteiger partial charge in [0, 0.05) is 12.1 Å². The molecule has 1 amide bonds. The van der Waals surface area contributed by atoms with Crippen LogP contribution in [-0.2, 0) is 4.79 Å². The number of nitrogens with one attached hydrogen (secondary N) is 1. The number of nitrogens with zero attached hydrogens (tertiary/aromatic N) is 1. The summed E-state index contributed by atoms with van der Waals surface area (Å²) in [5.41, 5.74) is 0.925. The van der Waals surface area contributed by atoms with E-state index in [0.717, 1.165) is 5.56 Å². The summed E-state index contributed by atoms with van der Waals surface area (Å²) in [5, 5.41) is 2.49. The second kappa shape index (κ2) is 5.81. The third kappa shape index (κ3) is 3.49. The second-order valence-electron chi connectivity index (χ2n) is 5.25. The van der Waals surface area contributed by atoms with Gasteiger partial charge in [0.2, 0.25) is 5.91 Å². The van der Waals surface area contributed by atoms with Crippen LogP contribution in [-0.4, -0.2) is 17.1 Å². The van der Waals surface area contributed by atoms with Crippen LogP contribution >= 0.6 is 0 Å².